The molecule has 0 aromatic heterocycles. The molecule has 1 unspecified atom stereocenters. The van der Waals surface area contributed by atoms with Crippen LogP contribution in [0.5, 0.6) is 0 Å². The standard InChI is InChI=1S/C8H17NO3S/c1-13(11,12)6-2-3-8(10)4-5-9-7-8/h9-10H,2-7H2,1H3. The summed E-state index contributed by atoms with van der Waals surface area (Å²) in [5.41, 5.74) is -0.662. The average Bonchev–Trinajstić information content (AvgIpc) is 2.33. The lowest BCUT2D eigenvalue weighted by molar-refractivity contribution is 0.0518. The molecule has 13 heavy (non-hydrogen) atoms. The third-order valence-electron chi connectivity index (χ3n) is 2.38. The summed E-state index contributed by atoms with van der Waals surface area (Å²) in [6.45, 7) is 1.42. The SMILES string of the molecule is CS(=O)(=O)CCCC1(O)CCNC1. The molecule has 1 fully saturated rings. The molecular weight excluding hydrogens is 190 g/mol. The van der Waals surface area contributed by atoms with Crippen LogP contribution in [-0.4, -0.2) is 44.2 Å². The number of rotatable bonds is 4. The van der Waals surface area contributed by atoms with Gasteiger partial charge in [-0.05, 0) is 25.8 Å². The zero-order valence-corrected chi connectivity index (χ0v) is 8.73. The summed E-state index contributed by atoms with van der Waals surface area (Å²) < 4.78 is 21.6. The summed E-state index contributed by atoms with van der Waals surface area (Å²) in [6.07, 6.45) is 3.09. The third kappa shape index (κ3) is 4.06. The average molecular weight is 207 g/mol. The summed E-state index contributed by atoms with van der Waals surface area (Å²) in [5, 5.41) is 12.9. The Morgan fingerprint density at radius 1 is 1.54 bits per heavy atom. The second kappa shape index (κ2) is 3.94. The highest BCUT2D eigenvalue weighted by Crippen LogP contribution is 2.20. The third-order valence-corrected chi connectivity index (χ3v) is 3.41. The Balaban J connectivity index is 2.26. The van der Waals surface area contributed by atoms with Gasteiger partial charge in [-0.1, -0.05) is 0 Å². The Kier molecular flexibility index (Phi) is 3.32. The normalized spacial score (nSPS) is 29.4. The molecule has 0 aromatic carbocycles. The fourth-order valence-electron chi connectivity index (χ4n) is 1.61. The zero-order valence-electron chi connectivity index (χ0n) is 7.91. The van der Waals surface area contributed by atoms with Crippen LogP contribution in [0.3, 0.4) is 0 Å². The molecule has 1 atom stereocenters. The van der Waals surface area contributed by atoms with Crippen LogP contribution in [0.15, 0.2) is 0 Å². The van der Waals surface area contributed by atoms with Crippen molar-refractivity contribution in [3.63, 3.8) is 0 Å². The van der Waals surface area contributed by atoms with E-state index in [2.05, 4.69) is 5.32 Å². The van der Waals surface area contributed by atoms with Crippen LogP contribution in [0, 0.1) is 0 Å². The molecule has 0 bridgehead atoms. The van der Waals surface area contributed by atoms with E-state index in [1.165, 1.54) is 6.26 Å². The smallest absolute Gasteiger partial charge is 0.147 e. The van der Waals surface area contributed by atoms with Crippen LogP contribution in [-0.2, 0) is 9.84 Å². The van der Waals surface area contributed by atoms with E-state index in [1.807, 2.05) is 0 Å². The van der Waals surface area contributed by atoms with Gasteiger partial charge < -0.3 is 10.4 Å². The second-order valence-corrected chi connectivity index (χ2v) is 6.14. The number of sulfone groups is 1. The number of aliphatic hydroxyl groups is 1. The topological polar surface area (TPSA) is 66.4 Å². The fraction of sp³-hybridized carbons (Fsp3) is 1.00. The molecular formula is C8H17NO3S. The number of hydrogen-bond acceptors (Lipinski definition) is 4. The summed E-state index contributed by atoms with van der Waals surface area (Å²) >= 11 is 0. The van der Waals surface area contributed by atoms with Crippen molar-refractivity contribution in [1.29, 1.82) is 0 Å². The zero-order chi connectivity index (χ0) is 9.95. The van der Waals surface area contributed by atoms with Crippen molar-refractivity contribution in [1.82, 2.24) is 5.32 Å². The summed E-state index contributed by atoms with van der Waals surface area (Å²) in [7, 11) is -2.87. The lowest BCUT2D eigenvalue weighted by atomic mass is 9.98. The molecule has 0 saturated carbocycles. The molecule has 1 aliphatic rings. The molecule has 1 heterocycles. The Hall–Kier alpha value is -0.130. The van der Waals surface area contributed by atoms with Gasteiger partial charge in [0.2, 0.25) is 0 Å². The van der Waals surface area contributed by atoms with Crippen LogP contribution < -0.4 is 5.32 Å². The van der Waals surface area contributed by atoms with E-state index >= 15 is 0 Å². The van der Waals surface area contributed by atoms with E-state index in [-0.39, 0.29) is 5.75 Å². The van der Waals surface area contributed by atoms with E-state index in [4.69, 9.17) is 0 Å². The Bertz CT molecular complexity index is 255. The van der Waals surface area contributed by atoms with Gasteiger partial charge in [-0.2, -0.15) is 0 Å². The monoisotopic (exact) mass is 207 g/mol. The Labute approximate surface area is 79.3 Å². The highest BCUT2D eigenvalue weighted by atomic mass is 32.2. The van der Waals surface area contributed by atoms with Crippen molar-refractivity contribution in [3.8, 4) is 0 Å². The van der Waals surface area contributed by atoms with Crippen molar-refractivity contribution in [2.45, 2.75) is 24.9 Å². The van der Waals surface area contributed by atoms with Gasteiger partial charge in [-0.3, -0.25) is 0 Å². The number of nitrogens with one attached hydrogen (secondary N) is 1. The molecule has 78 valence electrons. The maximum atomic E-state index is 10.8. The van der Waals surface area contributed by atoms with Gasteiger partial charge in [0.1, 0.15) is 9.84 Å². The first kappa shape index (κ1) is 10.9. The Morgan fingerprint density at radius 3 is 2.69 bits per heavy atom. The maximum absolute atomic E-state index is 10.8. The minimum absolute atomic E-state index is 0.176. The van der Waals surface area contributed by atoms with Gasteiger partial charge >= 0.3 is 0 Å². The highest BCUT2D eigenvalue weighted by Gasteiger charge is 2.30. The van der Waals surface area contributed by atoms with Crippen molar-refractivity contribution in [3.05, 3.63) is 0 Å². The largest absolute Gasteiger partial charge is 0.389 e. The molecule has 5 heteroatoms. The molecule has 0 aromatic rings. The van der Waals surface area contributed by atoms with Crippen LogP contribution in [0.25, 0.3) is 0 Å². The van der Waals surface area contributed by atoms with Crippen LogP contribution >= 0.6 is 0 Å². The van der Waals surface area contributed by atoms with Crippen LogP contribution in [0.4, 0.5) is 0 Å². The lowest BCUT2D eigenvalue weighted by Crippen LogP contribution is -2.31. The van der Waals surface area contributed by atoms with Crippen molar-refractivity contribution in [2.75, 3.05) is 25.1 Å². The molecule has 2 N–H and O–H groups in total. The maximum Gasteiger partial charge on any atom is 0.147 e. The second-order valence-electron chi connectivity index (χ2n) is 3.88. The molecule has 0 amide bonds. The van der Waals surface area contributed by atoms with Gasteiger partial charge in [0.15, 0.2) is 0 Å². The van der Waals surface area contributed by atoms with E-state index in [0.29, 0.717) is 19.4 Å². The molecule has 1 rings (SSSR count). The molecule has 0 radical (unpaired) electrons. The number of hydrogen-bond donors (Lipinski definition) is 2. The molecule has 4 nitrogen and oxygen atoms in total. The van der Waals surface area contributed by atoms with E-state index in [9.17, 15) is 13.5 Å². The molecule has 1 aliphatic heterocycles. The predicted molar refractivity (Wildman–Crippen MR) is 51.4 cm³/mol. The Morgan fingerprint density at radius 2 is 2.23 bits per heavy atom. The quantitative estimate of drug-likeness (QED) is 0.654. The first-order chi connectivity index (χ1) is 5.91. The first-order valence-corrected chi connectivity index (χ1v) is 6.58. The van der Waals surface area contributed by atoms with Gasteiger partial charge in [0.25, 0.3) is 0 Å². The molecule has 0 spiro atoms. The van der Waals surface area contributed by atoms with Crippen LogP contribution in [0.2, 0.25) is 0 Å². The predicted octanol–water partition coefficient (Wildman–Crippen LogP) is -0.464. The van der Waals surface area contributed by atoms with E-state index in [1.54, 1.807) is 0 Å². The lowest BCUT2D eigenvalue weighted by Gasteiger charge is -2.20. The van der Waals surface area contributed by atoms with E-state index in [0.717, 1.165) is 13.0 Å². The van der Waals surface area contributed by atoms with Gasteiger partial charge in [-0.15, -0.1) is 0 Å². The van der Waals surface area contributed by atoms with Crippen LogP contribution in [0.1, 0.15) is 19.3 Å². The molecule has 0 aliphatic carbocycles. The van der Waals surface area contributed by atoms with Crippen molar-refractivity contribution < 1.29 is 13.5 Å². The minimum atomic E-state index is -2.87. The number of β-amino-alcohol motifs (C(OH)–C–C–N with tert-alkyl or cyclic N) is 1. The molecule has 1 saturated heterocycles. The van der Waals surface area contributed by atoms with Gasteiger partial charge in [-0.25, -0.2) is 8.42 Å². The summed E-state index contributed by atoms with van der Waals surface area (Å²) in [4.78, 5) is 0. The minimum Gasteiger partial charge on any atom is -0.389 e. The highest BCUT2D eigenvalue weighted by molar-refractivity contribution is 7.90. The van der Waals surface area contributed by atoms with Crippen molar-refractivity contribution >= 4 is 9.84 Å². The van der Waals surface area contributed by atoms with Crippen molar-refractivity contribution in [2.24, 2.45) is 0 Å². The summed E-state index contributed by atoms with van der Waals surface area (Å²) in [5.74, 6) is 0.176. The first-order valence-electron chi connectivity index (χ1n) is 4.52. The van der Waals surface area contributed by atoms with Gasteiger partial charge in [0, 0.05) is 18.6 Å². The van der Waals surface area contributed by atoms with Gasteiger partial charge in [0.05, 0.1) is 5.60 Å². The van der Waals surface area contributed by atoms with E-state index < -0.39 is 15.4 Å². The summed E-state index contributed by atoms with van der Waals surface area (Å²) in [6, 6.07) is 0. The fourth-order valence-corrected chi connectivity index (χ4v) is 2.28.